The summed E-state index contributed by atoms with van der Waals surface area (Å²) in [4.78, 5) is 11.3. The lowest BCUT2D eigenvalue weighted by atomic mass is 10.0. The summed E-state index contributed by atoms with van der Waals surface area (Å²) >= 11 is 6.19. The van der Waals surface area contributed by atoms with Crippen LogP contribution in [-0.2, 0) is 6.42 Å². The summed E-state index contributed by atoms with van der Waals surface area (Å²) in [6.45, 7) is 0.946. The van der Waals surface area contributed by atoms with Crippen molar-refractivity contribution < 1.29 is 4.74 Å². The third kappa shape index (κ3) is 3.30. The van der Waals surface area contributed by atoms with Crippen LogP contribution < -0.4 is 15.0 Å². The first kappa shape index (κ1) is 16.7. The summed E-state index contributed by atoms with van der Waals surface area (Å²) in [6, 6.07) is 15.9. The van der Waals surface area contributed by atoms with Crippen molar-refractivity contribution in [2.45, 2.75) is 12.8 Å². The lowest BCUT2D eigenvalue weighted by molar-refractivity contribution is 0.415. The number of benzene rings is 2. The van der Waals surface area contributed by atoms with Crippen LogP contribution in [0.25, 0.3) is 0 Å². The van der Waals surface area contributed by atoms with Crippen LogP contribution in [0.15, 0.2) is 54.7 Å². The summed E-state index contributed by atoms with van der Waals surface area (Å²) in [7, 11) is 1.59. The first-order valence-corrected chi connectivity index (χ1v) is 8.91. The normalized spacial score (nSPS) is 13.2. The Morgan fingerprint density at radius 1 is 1.15 bits per heavy atom. The number of methoxy groups -OCH3 is 1. The molecule has 1 aromatic heterocycles. The molecule has 2 heterocycles. The van der Waals surface area contributed by atoms with Gasteiger partial charge in [-0.3, -0.25) is 0 Å². The quantitative estimate of drug-likeness (QED) is 0.706. The van der Waals surface area contributed by atoms with Crippen molar-refractivity contribution in [1.29, 1.82) is 0 Å². The minimum atomic E-state index is 0.534. The number of ether oxygens (including phenoxy) is 1. The number of aromatic nitrogens is 2. The van der Waals surface area contributed by atoms with E-state index < -0.39 is 0 Å². The average Bonchev–Trinajstić information content (AvgIpc) is 2.68. The Labute approximate surface area is 157 Å². The molecule has 4 rings (SSSR count). The molecule has 0 unspecified atom stereocenters. The zero-order chi connectivity index (χ0) is 17.9. The summed E-state index contributed by atoms with van der Waals surface area (Å²) in [5.41, 5.74) is 3.39. The highest BCUT2D eigenvalue weighted by Gasteiger charge is 2.19. The van der Waals surface area contributed by atoms with E-state index in [1.807, 2.05) is 18.2 Å². The number of hydrogen-bond donors (Lipinski definition) is 1. The summed E-state index contributed by atoms with van der Waals surface area (Å²) < 4.78 is 5.18. The summed E-state index contributed by atoms with van der Waals surface area (Å²) in [5.74, 6) is 2.05. The van der Waals surface area contributed by atoms with Crippen molar-refractivity contribution in [3.8, 4) is 5.75 Å². The van der Waals surface area contributed by atoms with Crippen LogP contribution >= 0.6 is 11.6 Å². The Hall–Kier alpha value is -2.79. The first-order chi connectivity index (χ1) is 12.7. The highest BCUT2D eigenvalue weighted by Crippen LogP contribution is 2.33. The van der Waals surface area contributed by atoms with Gasteiger partial charge in [-0.2, -0.15) is 4.98 Å². The number of hydrogen-bond acceptors (Lipinski definition) is 5. The van der Waals surface area contributed by atoms with Gasteiger partial charge in [0.2, 0.25) is 5.95 Å². The average molecular weight is 367 g/mol. The van der Waals surface area contributed by atoms with Gasteiger partial charge in [-0.25, -0.2) is 4.98 Å². The van der Waals surface area contributed by atoms with Gasteiger partial charge in [0.25, 0.3) is 0 Å². The van der Waals surface area contributed by atoms with E-state index in [1.54, 1.807) is 19.4 Å². The number of rotatable bonds is 4. The van der Waals surface area contributed by atoms with Crippen LogP contribution in [0.1, 0.15) is 12.0 Å². The molecule has 2 aromatic carbocycles. The van der Waals surface area contributed by atoms with E-state index in [-0.39, 0.29) is 0 Å². The maximum atomic E-state index is 6.19. The van der Waals surface area contributed by atoms with Crippen molar-refractivity contribution in [3.05, 3.63) is 65.3 Å². The first-order valence-electron chi connectivity index (χ1n) is 8.53. The van der Waals surface area contributed by atoms with E-state index in [9.17, 15) is 0 Å². The molecule has 26 heavy (non-hydrogen) atoms. The third-order valence-corrected chi connectivity index (χ3v) is 4.73. The van der Waals surface area contributed by atoms with Crippen LogP contribution in [0.4, 0.5) is 23.1 Å². The van der Waals surface area contributed by atoms with Gasteiger partial charge in [0.1, 0.15) is 11.6 Å². The van der Waals surface area contributed by atoms with Gasteiger partial charge in [-0.1, -0.05) is 29.8 Å². The van der Waals surface area contributed by atoms with E-state index >= 15 is 0 Å². The van der Waals surface area contributed by atoms with Gasteiger partial charge in [-0.15, -0.1) is 0 Å². The lowest BCUT2D eigenvalue weighted by Crippen LogP contribution is -2.25. The molecule has 1 aliphatic rings. The maximum absolute atomic E-state index is 6.19. The molecular weight excluding hydrogens is 348 g/mol. The molecule has 132 valence electrons. The fraction of sp³-hybridized carbons (Fsp3) is 0.200. The Morgan fingerprint density at radius 3 is 2.88 bits per heavy atom. The molecule has 6 heteroatoms. The Kier molecular flexibility index (Phi) is 4.63. The number of para-hydroxylation sites is 1. The minimum Gasteiger partial charge on any atom is -0.495 e. The number of fused-ring (bicyclic) bond motifs is 1. The zero-order valence-corrected chi connectivity index (χ0v) is 15.2. The highest BCUT2D eigenvalue weighted by atomic mass is 35.5. The standard InChI is InChI=1S/C20H19ClN4O/c1-26-18-9-8-15(13-16(18)21)23-20-22-11-10-19(24-20)25-12-4-6-14-5-2-3-7-17(14)25/h2-3,5,7-11,13H,4,6,12H2,1H3,(H,22,23,24). The lowest BCUT2D eigenvalue weighted by Gasteiger charge is -2.30. The zero-order valence-electron chi connectivity index (χ0n) is 14.4. The van der Waals surface area contributed by atoms with E-state index in [1.165, 1.54) is 11.3 Å². The topological polar surface area (TPSA) is 50.3 Å². The summed E-state index contributed by atoms with van der Waals surface area (Å²) in [6.07, 6.45) is 3.98. The number of anilines is 4. The second-order valence-electron chi connectivity index (χ2n) is 6.10. The largest absolute Gasteiger partial charge is 0.495 e. The predicted octanol–water partition coefficient (Wildman–Crippen LogP) is 4.97. The van der Waals surface area contributed by atoms with Crippen molar-refractivity contribution >= 4 is 34.7 Å². The smallest absolute Gasteiger partial charge is 0.229 e. The molecule has 1 N–H and O–H groups in total. The van der Waals surface area contributed by atoms with Gasteiger partial charge in [-0.05, 0) is 48.7 Å². The maximum Gasteiger partial charge on any atom is 0.229 e. The van der Waals surface area contributed by atoms with E-state index in [0.717, 1.165) is 30.9 Å². The predicted molar refractivity (Wildman–Crippen MR) is 105 cm³/mol. The minimum absolute atomic E-state index is 0.534. The second-order valence-corrected chi connectivity index (χ2v) is 6.50. The van der Waals surface area contributed by atoms with Gasteiger partial charge >= 0.3 is 0 Å². The molecule has 0 aliphatic carbocycles. The van der Waals surface area contributed by atoms with Crippen LogP contribution in [-0.4, -0.2) is 23.6 Å². The molecule has 0 atom stereocenters. The third-order valence-electron chi connectivity index (χ3n) is 4.44. The van der Waals surface area contributed by atoms with Gasteiger partial charge in [0.15, 0.2) is 0 Å². The van der Waals surface area contributed by atoms with Gasteiger partial charge < -0.3 is 15.0 Å². The van der Waals surface area contributed by atoms with Gasteiger partial charge in [0, 0.05) is 24.1 Å². The number of halogens is 1. The molecule has 0 saturated carbocycles. The second kappa shape index (κ2) is 7.22. The van der Waals surface area contributed by atoms with E-state index in [0.29, 0.717) is 16.7 Å². The van der Waals surface area contributed by atoms with Crippen molar-refractivity contribution in [2.24, 2.45) is 0 Å². The molecule has 0 fully saturated rings. The van der Waals surface area contributed by atoms with Crippen molar-refractivity contribution in [1.82, 2.24) is 9.97 Å². The van der Waals surface area contributed by atoms with Crippen LogP contribution in [0.5, 0.6) is 5.75 Å². The summed E-state index contributed by atoms with van der Waals surface area (Å²) in [5, 5.41) is 3.75. The molecule has 0 spiro atoms. The Balaban J connectivity index is 1.61. The monoisotopic (exact) mass is 366 g/mol. The van der Waals surface area contributed by atoms with Gasteiger partial charge in [0.05, 0.1) is 12.1 Å². The molecule has 0 saturated heterocycles. The number of nitrogens with one attached hydrogen (secondary N) is 1. The van der Waals surface area contributed by atoms with Crippen molar-refractivity contribution in [2.75, 3.05) is 23.9 Å². The molecule has 1 aliphatic heterocycles. The Bertz CT molecular complexity index is 931. The fourth-order valence-corrected chi connectivity index (χ4v) is 3.46. The molecular formula is C20H19ClN4O. The van der Waals surface area contributed by atoms with Crippen LogP contribution in [0.3, 0.4) is 0 Å². The van der Waals surface area contributed by atoms with Crippen LogP contribution in [0.2, 0.25) is 5.02 Å². The highest BCUT2D eigenvalue weighted by molar-refractivity contribution is 6.32. The van der Waals surface area contributed by atoms with Crippen LogP contribution in [0, 0.1) is 0 Å². The molecule has 0 amide bonds. The van der Waals surface area contributed by atoms with E-state index in [4.69, 9.17) is 21.3 Å². The van der Waals surface area contributed by atoms with Crippen molar-refractivity contribution in [3.63, 3.8) is 0 Å². The number of nitrogens with zero attached hydrogens (tertiary/aromatic N) is 3. The molecule has 3 aromatic rings. The number of aryl methyl sites for hydroxylation is 1. The molecule has 5 nitrogen and oxygen atoms in total. The molecule has 0 radical (unpaired) electrons. The molecule has 0 bridgehead atoms. The Morgan fingerprint density at radius 2 is 2.04 bits per heavy atom. The van der Waals surface area contributed by atoms with E-state index in [2.05, 4.69) is 39.5 Å². The fourth-order valence-electron chi connectivity index (χ4n) is 3.20. The SMILES string of the molecule is COc1ccc(Nc2nccc(N3CCCc4ccccc43)n2)cc1Cl.